The summed E-state index contributed by atoms with van der Waals surface area (Å²) in [5, 5.41) is 26.7. The van der Waals surface area contributed by atoms with E-state index in [0.29, 0.717) is 12.2 Å². The zero-order valence-electron chi connectivity index (χ0n) is 14.9. The average Bonchev–Trinajstić information content (AvgIpc) is 3.35. The van der Waals surface area contributed by atoms with Crippen molar-refractivity contribution in [3.8, 4) is 0 Å². The number of amides is 1. The Morgan fingerprint density at radius 1 is 1.07 bits per heavy atom. The van der Waals surface area contributed by atoms with Crippen LogP contribution in [0.5, 0.6) is 0 Å². The number of carbonyl (C=O) groups excluding carboxylic acids is 2. The van der Waals surface area contributed by atoms with Crippen LogP contribution in [-0.2, 0) is 35.8 Å². The summed E-state index contributed by atoms with van der Waals surface area (Å²) in [6.45, 7) is 0.444. The van der Waals surface area contributed by atoms with Gasteiger partial charge in [-0.3, -0.25) is 9.59 Å². The maximum atomic E-state index is 12.1. The van der Waals surface area contributed by atoms with Gasteiger partial charge in [0.1, 0.15) is 18.8 Å². The molecule has 0 spiro atoms. The van der Waals surface area contributed by atoms with E-state index in [9.17, 15) is 9.59 Å². The Morgan fingerprint density at radius 2 is 1.86 bits per heavy atom. The number of hydrogen-bond donors (Lipinski definition) is 2. The lowest BCUT2D eigenvalue weighted by Gasteiger charge is -2.04. The Kier molecular flexibility index (Phi) is 6.41. The second-order valence-corrected chi connectivity index (χ2v) is 5.83. The molecule has 2 heterocycles. The van der Waals surface area contributed by atoms with Gasteiger partial charge in [-0.2, -0.15) is 0 Å². The molecule has 0 saturated carbocycles. The van der Waals surface area contributed by atoms with Gasteiger partial charge in [0, 0.05) is 0 Å². The third-order valence-electron chi connectivity index (χ3n) is 3.65. The molecule has 2 aromatic heterocycles. The third-order valence-corrected chi connectivity index (χ3v) is 3.65. The highest BCUT2D eigenvalue weighted by atomic mass is 16.5. The van der Waals surface area contributed by atoms with E-state index in [4.69, 9.17) is 9.84 Å². The fourth-order valence-corrected chi connectivity index (χ4v) is 2.29. The summed E-state index contributed by atoms with van der Waals surface area (Å²) in [5.41, 5.74) is 1.49. The minimum atomic E-state index is -0.485. The summed E-state index contributed by atoms with van der Waals surface area (Å²) in [6, 6.07) is 9.31. The number of carbonyl (C=O) groups is 2. The van der Waals surface area contributed by atoms with Crippen LogP contribution in [0.3, 0.4) is 0 Å². The van der Waals surface area contributed by atoms with Crippen LogP contribution in [0, 0.1) is 0 Å². The first-order valence-electron chi connectivity index (χ1n) is 8.52. The Balaban J connectivity index is 1.45. The van der Waals surface area contributed by atoms with Crippen molar-refractivity contribution in [2.45, 2.75) is 26.2 Å². The zero-order chi connectivity index (χ0) is 19.8. The molecule has 0 radical (unpaired) electrons. The van der Waals surface area contributed by atoms with Crippen molar-refractivity contribution in [2.75, 3.05) is 6.61 Å². The Hall–Kier alpha value is -3.60. The first-order chi connectivity index (χ1) is 13.6. The number of esters is 1. The number of rotatable bonds is 9. The molecule has 1 aromatic carbocycles. The van der Waals surface area contributed by atoms with Crippen LogP contribution in [0.15, 0.2) is 42.7 Å². The van der Waals surface area contributed by atoms with Crippen LogP contribution in [-0.4, -0.2) is 53.6 Å². The van der Waals surface area contributed by atoms with Crippen molar-refractivity contribution in [1.29, 1.82) is 0 Å². The number of aliphatic hydroxyl groups is 1. The molecule has 2 N–H and O–H groups in total. The molecule has 11 heteroatoms. The molecular formula is C17H19N7O4. The fourth-order valence-electron chi connectivity index (χ4n) is 2.29. The van der Waals surface area contributed by atoms with Crippen molar-refractivity contribution in [3.05, 3.63) is 59.7 Å². The van der Waals surface area contributed by atoms with Gasteiger partial charge in [0.05, 0.1) is 32.1 Å². The smallest absolute Gasteiger partial charge is 0.328 e. The minimum absolute atomic E-state index is 0.0496. The van der Waals surface area contributed by atoms with Crippen molar-refractivity contribution >= 4 is 11.9 Å². The number of nitrogens with one attached hydrogen (secondary N) is 1. The van der Waals surface area contributed by atoms with Gasteiger partial charge in [0.2, 0.25) is 0 Å². The predicted molar refractivity (Wildman–Crippen MR) is 94.5 cm³/mol. The topological polar surface area (TPSA) is 137 Å². The number of aliphatic hydroxyl groups excluding tert-OH is 1. The van der Waals surface area contributed by atoms with Gasteiger partial charge >= 0.3 is 5.97 Å². The molecule has 0 fully saturated rings. The maximum Gasteiger partial charge on any atom is 0.328 e. The highest BCUT2D eigenvalue weighted by Gasteiger charge is 2.13. The van der Waals surface area contributed by atoms with Crippen LogP contribution in [0.1, 0.15) is 21.7 Å². The second-order valence-electron chi connectivity index (χ2n) is 5.83. The largest absolute Gasteiger partial charge is 0.459 e. The molecule has 146 valence electrons. The lowest BCUT2D eigenvalue weighted by molar-refractivity contribution is -0.145. The molecule has 28 heavy (non-hydrogen) atoms. The van der Waals surface area contributed by atoms with Gasteiger partial charge in [0.15, 0.2) is 5.69 Å². The SMILES string of the molecule is O=C(Cn1cc(C(=O)NCc2cn(CCO)nn2)nn1)OCc1ccccc1. The molecular weight excluding hydrogens is 366 g/mol. The van der Waals surface area contributed by atoms with Crippen LogP contribution in [0.25, 0.3) is 0 Å². The van der Waals surface area contributed by atoms with E-state index in [2.05, 4.69) is 25.9 Å². The molecule has 0 atom stereocenters. The maximum absolute atomic E-state index is 12.1. The van der Waals surface area contributed by atoms with Crippen LogP contribution in [0.4, 0.5) is 0 Å². The number of benzene rings is 1. The first-order valence-corrected chi connectivity index (χ1v) is 8.52. The molecule has 0 bridgehead atoms. The molecule has 0 unspecified atom stereocenters. The highest BCUT2D eigenvalue weighted by molar-refractivity contribution is 5.91. The van der Waals surface area contributed by atoms with E-state index in [1.807, 2.05) is 30.3 Å². The van der Waals surface area contributed by atoms with E-state index < -0.39 is 11.9 Å². The molecule has 3 rings (SSSR count). The van der Waals surface area contributed by atoms with E-state index in [-0.39, 0.29) is 32.0 Å². The lowest BCUT2D eigenvalue weighted by atomic mass is 10.2. The standard InChI is InChI=1S/C17H19N7O4/c25-7-6-23-9-14(19-21-23)8-18-17(27)15-10-24(22-20-15)11-16(26)28-12-13-4-2-1-3-5-13/h1-5,9-10,25H,6-8,11-12H2,(H,18,27). The van der Waals surface area contributed by atoms with Crippen molar-refractivity contribution in [1.82, 2.24) is 35.3 Å². The number of hydrogen-bond acceptors (Lipinski definition) is 8. The van der Waals surface area contributed by atoms with Gasteiger partial charge in [-0.05, 0) is 5.56 Å². The monoisotopic (exact) mass is 385 g/mol. The molecule has 1 amide bonds. The third kappa shape index (κ3) is 5.45. The Bertz CT molecular complexity index is 923. The van der Waals surface area contributed by atoms with Gasteiger partial charge in [-0.1, -0.05) is 40.8 Å². The summed E-state index contributed by atoms with van der Waals surface area (Å²) < 4.78 is 7.87. The Labute approximate surface area is 159 Å². The van der Waals surface area contributed by atoms with Crippen molar-refractivity contribution in [3.63, 3.8) is 0 Å². The summed E-state index contributed by atoms with van der Waals surface area (Å²) >= 11 is 0. The first kappa shape index (κ1) is 19.2. The normalized spacial score (nSPS) is 10.6. The predicted octanol–water partition coefficient (Wildman–Crippen LogP) is -0.465. The molecule has 11 nitrogen and oxygen atoms in total. The summed E-state index contributed by atoms with van der Waals surface area (Å²) in [4.78, 5) is 24.0. The lowest BCUT2D eigenvalue weighted by Crippen LogP contribution is -2.23. The van der Waals surface area contributed by atoms with Crippen LogP contribution in [0.2, 0.25) is 0 Å². The van der Waals surface area contributed by atoms with Gasteiger partial charge in [-0.25, -0.2) is 9.36 Å². The number of aromatic nitrogens is 6. The van der Waals surface area contributed by atoms with Crippen molar-refractivity contribution in [2.24, 2.45) is 0 Å². The number of ether oxygens (including phenoxy) is 1. The summed E-state index contributed by atoms with van der Waals surface area (Å²) in [7, 11) is 0. The number of nitrogens with zero attached hydrogens (tertiary/aromatic N) is 6. The fraction of sp³-hybridized carbons (Fsp3) is 0.294. The average molecular weight is 385 g/mol. The van der Waals surface area contributed by atoms with E-state index in [1.165, 1.54) is 15.6 Å². The second kappa shape index (κ2) is 9.37. The molecule has 0 aliphatic carbocycles. The van der Waals surface area contributed by atoms with E-state index >= 15 is 0 Å². The van der Waals surface area contributed by atoms with Crippen molar-refractivity contribution < 1.29 is 19.4 Å². The molecule has 0 saturated heterocycles. The summed E-state index contributed by atoms with van der Waals surface area (Å²) in [5.74, 6) is -0.943. The van der Waals surface area contributed by atoms with Crippen LogP contribution >= 0.6 is 0 Å². The highest BCUT2D eigenvalue weighted by Crippen LogP contribution is 2.02. The zero-order valence-corrected chi connectivity index (χ0v) is 14.9. The molecule has 0 aliphatic rings. The summed E-state index contributed by atoms with van der Waals surface area (Å²) in [6.07, 6.45) is 2.98. The molecule has 0 aliphatic heterocycles. The minimum Gasteiger partial charge on any atom is -0.459 e. The van der Waals surface area contributed by atoms with Gasteiger partial charge in [-0.15, -0.1) is 10.2 Å². The molecule has 3 aromatic rings. The quantitative estimate of drug-likeness (QED) is 0.472. The van der Waals surface area contributed by atoms with Crippen LogP contribution < -0.4 is 5.32 Å². The van der Waals surface area contributed by atoms with Gasteiger partial charge < -0.3 is 15.2 Å². The Morgan fingerprint density at radius 3 is 2.64 bits per heavy atom. The van der Waals surface area contributed by atoms with E-state index in [1.54, 1.807) is 6.20 Å². The van der Waals surface area contributed by atoms with Gasteiger partial charge in [0.25, 0.3) is 5.91 Å². The van der Waals surface area contributed by atoms with E-state index in [0.717, 1.165) is 5.56 Å².